The molecule has 1 atom stereocenters. The van der Waals surface area contributed by atoms with Crippen LogP contribution in [0.4, 0.5) is 5.69 Å². The average Bonchev–Trinajstić information content (AvgIpc) is 2.72. The normalized spacial score (nSPS) is 12.8. The molecule has 2 aromatic carbocycles. The number of aryl methyl sites for hydroxylation is 1. The van der Waals surface area contributed by atoms with E-state index in [4.69, 9.17) is 4.74 Å². The number of anilines is 1. The van der Waals surface area contributed by atoms with Gasteiger partial charge in [0, 0.05) is 16.9 Å². The summed E-state index contributed by atoms with van der Waals surface area (Å²) >= 11 is 1.45. The molecule has 6 nitrogen and oxygen atoms in total. The van der Waals surface area contributed by atoms with Crippen molar-refractivity contribution in [1.29, 1.82) is 0 Å². The Morgan fingerprint density at radius 1 is 1.03 bits per heavy atom. The molecule has 0 aliphatic heterocycles. The Hall–Kier alpha value is -2.03. The summed E-state index contributed by atoms with van der Waals surface area (Å²) in [5.41, 5.74) is 3.37. The maximum Gasteiger partial charge on any atom is 0.241 e. The largest absolute Gasteiger partial charge is 0.496 e. The Balaban J connectivity index is 2.39. The monoisotopic (exact) mass is 478 g/mol. The van der Waals surface area contributed by atoms with Gasteiger partial charge in [0.05, 0.1) is 17.7 Å². The Morgan fingerprint density at radius 3 is 2.22 bits per heavy atom. The summed E-state index contributed by atoms with van der Waals surface area (Å²) in [5, 5.41) is 2.83. The molecule has 0 heterocycles. The van der Waals surface area contributed by atoms with E-state index in [0.29, 0.717) is 5.69 Å². The fourth-order valence-electron chi connectivity index (χ4n) is 3.40. The van der Waals surface area contributed by atoms with Crippen molar-refractivity contribution in [3.8, 4) is 5.75 Å². The molecule has 0 bridgehead atoms. The highest BCUT2D eigenvalue weighted by atomic mass is 32.2. The minimum Gasteiger partial charge on any atom is -0.496 e. The maximum atomic E-state index is 13.2. The molecule has 0 radical (unpaired) electrons. The summed E-state index contributed by atoms with van der Waals surface area (Å²) in [6.07, 6.45) is 1.88. The van der Waals surface area contributed by atoms with E-state index in [1.807, 2.05) is 32.2 Å². The third-order valence-electron chi connectivity index (χ3n) is 5.30. The minimum atomic E-state index is -3.82. The van der Waals surface area contributed by atoms with E-state index in [0.717, 1.165) is 27.3 Å². The van der Waals surface area contributed by atoms with E-state index in [1.165, 1.54) is 17.8 Å². The van der Waals surface area contributed by atoms with Crippen molar-refractivity contribution >= 4 is 33.4 Å². The number of thioether (sulfide) groups is 1. The van der Waals surface area contributed by atoms with E-state index in [9.17, 15) is 13.2 Å². The molecule has 1 amide bonds. The second kappa shape index (κ2) is 10.7. The zero-order valence-corrected chi connectivity index (χ0v) is 21.7. The Bertz CT molecular complexity index is 1080. The molecule has 0 fully saturated rings. The molecule has 0 aliphatic carbocycles. The van der Waals surface area contributed by atoms with E-state index in [2.05, 4.69) is 23.9 Å². The van der Waals surface area contributed by atoms with Gasteiger partial charge in [0.15, 0.2) is 0 Å². The van der Waals surface area contributed by atoms with Crippen LogP contribution in [-0.2, 0) is 14.8 Å². The van der Waals surface area contributed by atoms with Gasteiger partial charge in [0.1, 0.15) is 5.75 Å². The molecule has 0 aromatic heterocycles. The van der Waals surface area contributed by atoms with Crippen LogP contribution in [0, 0.1) is 12.8 Å². The van der Waals surface area contributed by atoms with Gasteiger partial charge in [-0.3, -0.25) is 4.79 Å². The van der Waals surface area contributed by atoms with Gasteiger partial charge in [-0.05, 0) is 73.0 Å². The molecule has 0 saturated heterocycles. The zero-order chi connectivity index (χ0) is 24.2. The van der Waals surface area contributed by atoms with Crippen molar-refractivity contribution in [3.05, 3.63) is 47.0 Å². The zero-order valence-electron chi connectivity index (χ0n) is 20.1. The number of rotatable bonds is 9. The Kier molecular flexibility index (Phi) is 8.79. The molecular weight excluding hydrogens is 444 g/mol. The number of carbonyl (C=O) groups is 1. The number of sulfonamides is 1. The molecule has 0 aliphatic rings. The SMILES string of the molecule is COc1cc(C)c([C@H](C)NS(=O)(=O)c2ccc(SC)c(NC(=O)C(C)C)c2)cc1C(C)C. The maximum absolute atomic E-state index is 13.2. The standard InChI is InChI=1S/C24H34N2O4S2/c1-14(2)19-13-20(16(5)11-22(19)30-7)17(6)26-32(28,29)18-9-10-23(31-8)21(12-18)25-24(27)15(3)4/h9-15,17,26H,1-8H3,(H,25,27)/t17-/m0/s1. The Labute approximate surface area is 196 Å². The predicted octanol–water partition coefficient (Wildman–Crippen LogP) is 5.48. The van der Waals surface area contributed by atoms with Crippen LogP contribution in [0.3, 0.4) is 0 Å². The van der Waals surface area contributed by atoms with E-state index < -0.39 is 16.1 Å². The van der Waals surface area contributed by atoms with E-state index in [1.54, 1.807) is 33.1 Å². The highest BCUT2D eigenvalue weighted by molar-refractivity contribution is 7.98. The lowest BCUT2D eigenvalue weighted by molar-refractivity contribution is -0.118. The Morgan fingerprint density at radius 2 is 1.69 bits per heavy atom. The highest BCUT2D eigenvalue weighted by Crippen LogP contribution is 2.33. The van der Waals surface area contributed by atoms with Crippen molar-refractivity contribution in [2.24, 2.45) is 5.92 Å². The fourth-order valence-corrected chi connectivity index (χ4v) is 5.19. The van der Waals surface area contributed by atoms with Gasteiger partial charge < -0.3 is 10.1 Å². The third-order valence-corrected chi connectivity index (χ3v) is 7.64. The molecule has 0 saturated carbocycles. The highest BCUT2D eigenvalue weighted by Gasteiger charge is 2.23. The summed E-state index contributed by atoms with van der Waals surface area (Å²) in [5.74, 6) is 0.663. The quantitative estimate of drug-likeness (QED) is 0.466. The molecule has 176 valence electrons. The van der Waals surface area contributed by atoms with Crippen LogP contribution >= 0.6 is 11.8 Å². The first kappa shape index (κ1) is 26.2. The van der Waals surface area contributed by atoms with Crippen LogP contribution in [0.5, 0.6) is 5.75 Å². The van der Waals surface area contributed by atoms with E-state index >= 15 is 0 Å². The van der Waals surface area contributed by atoms with E-state index in [-0.39, 0.29) is 22.6 Å². The molecular formula is C24H34N2O4S2. The summed E-state index contributed by atoms with van der Waals surface area (Å²) in [6, 6.07) is 8.31. The van der Waals surface area contributed by atoms with Crippen LogP contribution in [0.1, 0.15) is 63.3 Å². The summed E-state index contributed by atoms with van der Waals surface area (Å²) < 4.78 is 34.7. The number of hydrogen-bond acceptors (Lipinski definition) is 5. The lowest BCUT2D eigenvalue weighted by Gasteiger charge is -2.21. The summed E-state index contributed by atoms with van der Waals surface area (Å²) in [4.78, 5) is 13.1. The summed E-state index contributed by atoms with van der Waals surface area (Å²) in [7, 11) is -2.18. The summed E-state index contributed by atoms with van der Waals surface area (Å²) in [6.45, 7) is 11.5. The fraction of sp³-hybridized carbons (Fsp3) is 0.458. The van der Waals surface area contributed by atoms with Crippen LogP contribution in [-0.4, -0.2) is 27.7 Å². The van der Waals surface area contributed by atoms with Gasteiger partial charge in [-0.1, -0.05) is 27.7 Å². The first-order valence-electron chi connectivity index (χ1n) is 10.6. The molecule has 32 heavy (non-hydrogen) atoms. The number of nitrogens with one attached hydrogen (secondary N) is 2. The molecule has 8 heteroatoms. The predicted molar refractivity (Wildman–Crippen MR) is 132 cm³/mol. The third kappa shape index (κ3) is 6.05. The topological polar surface area (TPSA) is 84.5 Å². The lowest BCUT2D eigenvalue weighted by atomic mass is 9.94. The number of carbonyl (C=O) groups excluding carboxylic acids is 1. The van der Waals surface area contributed by atoms with Crippen LogP contribution in [0.2, 0.25) is 0 Å². The van der Waals surface area contributed by atoms with Gasteiger partial charge in [-0.15, -0.1) is 11.8 Å². The first-order chi connectivity index (χ1) is 14.9. The van der Waals surface area contributed by atoms with Crippen molar-refractivity contribution in [2.45, 2.75) is 63.3 Å². The number of hydrogen-bond donors (Lipinski definition) is 2. The molecule has 2 N–H and O–H groups in total. The van der Waals surface area contributed by atoms with Gasteiger partial charge in [0.25, 0.3) is 0 Å². The second-order valence-electron chi connectivity index (χ2n) is 8.45. The number of benzene rings is 2. The smallest absolute Gasteiger partial charge is 0.241 e. The van der Waals surface area contributed by atoms with Crippen molar-refractivity contribution in [3.63, 3.8) is 0 Å². The molecule has 2 aromatic rings. The molecule has 2 rings (SSSR count). The second-order valence-corrected chi connectivity index (χ2v) is 11.0. The minimum absolute atomic E-state index is 0.108. The molecule has 0 unspecified atom stereocenters. The van der Waals surface area contributed by atoms with Crippen LogP contribution in [0.25, 0.3) is 0 Å². The van der Waals surface area contributed by atoms with Gasteiger partial charge in [0.2, 0.25) is 15.9 Å². The number of amides is 1. The lowest BCUT2D eigenvalue weighted by Crippen LogP contribution is -2.28. The van der Waals surface area contributed by atoms with Crippen LogP contribution in [0.15, 0.2) is 40.1 Å². The van der Waals surface area contributed by atoms with Gasteiger partial charge >= 0.3 is 0 Å². The van der Waals surface area contributed by atoms with Crippen molar-refractivity contribution in [2.75, 3.05) is 18.7 Å². The van der Waals surface area contributed by atoms with Gasteiger partial charge in [-0.2, -0.15) is 0 Å². The average molecular weight is 479 g/mol. The van der Waals surface area contributed by atoms with Crippen molar-refractivity contribution in [1.82, 2.24) is 4.72 Å². The van der Waals surface area contributed by atoms with Crippen LogP contribution < -0.4 is 14.8 Å². The number of methoxy groups -OCH3 is 1. The van der Waals surface area contributed by atoms with Crippen molar-refractivity contribution < 1.29 is 17.9 Å². The molecule has 0 spiro atoms. The van der Waals surface area contributed by atoms with Gasteiger partial charge in [-0.25, -0.2) is 13.1 Å². The number of ether oxygens (including phenoxy) is 1. The first-order valence-corrected chi connectivity index (χ1v) is 13.3.